The molecule has 1 atom stereocenters. The minimum Gasteiger partial charge on any atom is -0.366 e. The van der Waals surface area contributed by atoms with Crippen LogP contribution < -0.4 is 17.0 Å². The normalized spacial score (nSPS) is 12.3. The van der Waals surface area contributed by atoms with E-state index in [2.05, 4.69) is 4.98 Å². The molecule has 1 heterocycles. The van der Waals surface area contributed by atoms with Crippen LogP contribution in [-0.4, -0.2) is 15.5 Å². The Kier molecular flexibility index (Phi) is 5.00. The molecule has 6 nitrogen and oxygen atoms in total. The van der Waals surface area contributed by atoms with Crippen molar-refractivity contribution < 1.29 is 4.79 Å². The van der Waals surface area contributed by atoms with Gasteiger partial charge in [0.1, 0.15) is 5.82 Å². The Bertz CT molecular complexity index is 1080. The van der Waals surface area contributed by atoms with Crippen molar-refractivity contribution in [2.75, 3.05) is 0 Å². The van der Waals surface area contributed by atoms with Gasteiger partial charge in [-0.2, -0.15) is 0 Å². The zero-order valence-corrected chi connectivity index (χ0v) is 15.4. The second-order valence-corrected chi connectivity index (χ2v) is 6.61. The fourth-order valence-electron chi connectivity index (χ4n) is 2.71. The highest BCUT2D eigenvalue weighted by Gasteiger charge is 2.20. The molecule has 0 aliphatic carbocycles. The van der Waals surface area contributed by atoms with Gasteiger partial charge in [0.25, 0.3) is 5.56 Å². The molecule has 2 aromatic carbocycles. The highest BCUT2D eigenvalue weighted by Crippen LogP contribution is 2.28. The molecule has 0 spiro atoms. The highest BCUT2D eigenvalue weighted by molar-refractivity contribution is 6.39. The summed E-state index contributed by atoms with van der Waals surface area (Å²) >= 11 is 12.4. The molecule has 3 aromatic rings. The van der Waals surface area contributed by atoms with Crippen LogP contribution in [0.25, 0.3) is 16.6 Å². The topological polar surface area (TPSA) is 104 Å². The van der Waals surface area contributed by atoms with Gasteiger partial charge >= 0.3 is 0 Å². The molecule has 0 fully saturated rings. The maximum Gasteiger partial charge on any atom is 0.267 e. The van der Waals surface area contributed by atoms with Crippen molar-refractivity contribution in [1.82, 2.24) is 9.55 Å². The Morgan fingerprint density at radius 1 is 1.23 bits per heavy atom. The molecule has 0 bridgehead atoms. The van der Waals surface area contributed by atoms with Crippen LogP contribution >= 0.6 is 23.2 Å². The van der Waals surface area contributed by atoms with Gasteiger partial charge in [-0.25, -0.2) is 4.98 Å². The summed E-state index contributed by atoms with van der Waals surface area (Å²) < 4.78 is 1.35. The summed E-state index contributed by atoms with van der Waals surface area (Å²) in [5.74, 6) is -0.271. The molecule has 8 heteroatoms. The first-order chi connectivity index (χ1) is 12.3. The van der Waals surface area contributed by atoms with Gasteiger partial charge in [0.15, 0.2) is 0 Å². The maximum atomic E-state index is 13.2. The lowest BCUT2D eigenvalue weighted by atomic mass is 10.1. The van der Waals surface area contributed by atoms with E-state index < -0.39 is 17.5 Å². The smallest absolute Gasteiger partial charge is 0.267 e. The van der Waals surface area contributed by atoms with Crippen LogP contribution in [-0.2, 0) is 0 Å². The van der Waals surface area contributed by atoms with E-state index in [1.807, 2.05) is 6.92 Å². The van der Waals surface area contributed by atoms with E-state index in [9.17, 15) is 9.59 Å². The van der Waals surface area contributed by atoms with E-state index in [4.69, 9.17) is 34.7 Å². The fourth-order valence-corrected chi connectivity index (χ4v) is 3.15. The summed E-state index contributed by atoms with van der Waals surface area (Å²) in [5, 5.41) is 0.734. The second kappa shape index (κ2) is 7.07. The molecule has 1 aromatic heterocycles. The van der Waals surface area contributed by atoms with Crippen molar-refractivity contribution >= 4 is 40.0 Å². The maximum absolute atomic E-state index is 13.2. The van der Waals surface area contributed by atoms with Gasteiger partial charge in [0, 0.05) is 5.56 Å². The number of hydrogen-bond donors (Lipinski definition) is 2. The average molecular weight is 391 g/mol. The zero-order valence-electron chi connectivity index (χ0n) is 13.9. The van der Waals surface area contributed by atoms with Crippen molar-refractivity contribution in [2.24, 2.45) is 11.5 Å². The van der Waals surface area contributed by atoms with Gasteiger partial charge < -0.3 is 11.5 Å². The van der Waals surface area contributed by atoms with Gasteiger partial charge in [-0.3, -0.25) is 14.2 Å². The van der Waals surface area contributed by atoms with E-state index >= 15 is 0 Å². The summed E-state index contributed by atoms with van der Waals surface area (Å²) in [6, 6.07) is 8.99. The van der Waals surface area contributed by atoms with Crippen molar-refractivity contribution in [3.63, 3.8) is 0 Å². The molecule has 0 radical (unpaired) electrons. The first-order valence-corrected chi connectivity index (χ1v) is 8.67. The highest BCUT2D eigenvalue weighted by atomic mass is 35.5. The Labute approximate surface area is 159 Å². The first kappa shape index (κ1) is 18.4. The number of hydrogen-bond acceptors (Lipinski definition) is 4. The zero-order chi connectivity index (χ0) is 19.0. The molecule has 134 valence electrons. The molecule has 0 aliphatic rings. The number of primary amides is 1. The fraction of sp³-hybridized carbons (Fsp3) is 0.167. The number of halogens is 2. The van der Waals surface area contributed by atoms with Crippen LogP contribution in [0.4, 0.5) is 0 Å². The van der Waals surface area contributed by atoms with Crippen LogP contribution in [0.15, 0.2) is 41.2 Å². The number of nitrogens with zero attached hydrogens (tertiary/aromatic N) is 2. The van der Waals surface area contributed by atoms with E-state index in [0.717, 1.165) is 0 Å². The third-order valence-corrected chi connectivity index (χ3v) is 4.73. The van der Waals surface area contributed by atoms with Gasteiger partial charge in [0.05, 0.1) is 32.7 Å². The summed E-state index contributed by atoms with van der Waals surface area (Å²) in [6.45, 7) is 1.88. The van der Waals surface area contributed by atoms with Crippen molar-refractivity contribution in [1.29, 1.82) is 0 Å². The molecule has 3 rings (SSSR count). The molecule has 1 unspecified atom stereocenters. The third-order valence-electron chi connectivity index (χ3n) is 4.11. The molecular formula is C18H16Cl2N4O2. The minimum atomic E-state index is -0.601. The number of nitrogens with two attached hydrogens (primary N) is 2. The predicted octanol–water partition coefficient (Wildman–Crippen LogP) is 3.20. The Morgan fingerprint density at radius 3 is 2.58 bits per heavy atom. The first-order valence-electron chi connectivity index (χ1n) is 7.91. The second-order valence-electron chi connectivity index (χ2n) is 5.79. The van der Waals surface area contributed by atoms with Crippen LogP contribution in [0, 0.1) is 0 Å². The van der Waals surface area contributed by atoms with Crippen LogP contribution in [0.5, 0.6) is 0 Å². The third kappa shape index (κ3) is 3.07. The van der Waals surface area contributed by atoms with Crippen LogP contribution in [0.3, 0.4) is 0 Å². The van der Waals surface area contributed by atoms with Crippen molar-refractivity contribution in [2.45, 2.75) is 19.4 Å². The van der Waals surface area contributed by atoms with E-state index in [-0.39, 0.29) is 16.0 Å². The van der Waals surface area contributed by atoms with E-state index in [0.29, 0.717) is 28.5 Å². The van der Waals surface area contributed by atoms with Gasteiger partial charge in [-0.1, -0.05) is 36.2 Å². The number of aromatic nitrogens is 2. The lowest BCUT2D eigenvalue weighted by Gasteiger charge is -2.18. The standard InChI is InChI=1S/C18H16Cl2N4O2/c1-2-13(21)17-23-15-12(20)7-6-11(19)14(15)18(26)24(17)10-5-3-4-9(8-10)16(22)25/h3-8,13H,2,21H2,1H3,(H2,22,25). The van der Waals surface area contributed by atoms with Crippen molar-refractivity contribution in [3.05, 3.63) is 68.2 Å². The largest absolute Gasteiger partial charge is 0.366 e. The molecular weight excluding hydrogens is 375 g/mol. The summed E-state index contributed by atoms with van der Waals surface area (Å²) in [7, 11) is 0. The van der Waals surface area contributed by atoms with Crippen LogP contribution in [0.1, 0.15) is 35.6 Å². The summed E-state index contributed by atoms with van der Waals surface area (Å²) in [5.41, 5.74) is 12.1. The SMILES string of the molecule is CCC(N)c1nc2c(Cl)ccc(Cl)c2c(=O)n1-c1cccc(C(N)=O)c1. The lowest BCUT2D eigenvalue weighted by Crippen LogP contribution is -2.29. The van der Waals surface area contributed by atoms with Gasteiger partial charge in [-0.15, -0.1) is 0 Å². The molecule has 1 amide bonds. The van der Waals surface area contributed by atoms with Gasteiger partial charge in [0.2, 0.25) is 5.91 Å². The van der Waals surface area contributed by atoms with Crippen LogP contribution in [0.2, 0.25) is 10.0 Å². The number of carbonyl (C=O) groups excluding carboxylic acids is 1. The molecule has 0 aliphatic heterocycles. The van der Waals surface area contributed by atoms with Crippen molar-refractivity contribution in [3.8, 4) is 5.69 Å². The minimum absolute atomic E-state index is 0.190. The Balaban J connectivity index is 2.45. The number of rotatable bonds is 4. The quantitative estimate of drug-likeness (QED) is 0.713. The average Bonchev–Trinajstić information content (AvgIpc) is 2.63. The molecule has 4 N–H and O–H groups in total. The summed E-state index contributed by atoms with van der Waals surface area (Å²) in [6.07, 6.45) is 0.547. The number of fused-ring (bicyclic) bond motifs is 1. The van der Waals surface area contributed by atoms with E-state index in [1.165, 1.54) is 10.6 Å². The number of benzene rings is 2. The molecule has 0 saturated heterocycles. The van der Waals surface area contributed by atoms with E-state index in [1.54, 1.807) is 30.3 Å². The predicted molar refractivity (Wildman–Crippen MR) is 103 cm³/mol. The molecule has 26 heavy (non-hydrogen) atoms. The number of carbonyl (C=O) groups is 1. The van der Waals surface area contributed by atoms with Gasteiger partial charge in [-0.05, 0) is 36.8 Å². The lowest BCUT2D eigenvalue weighted by molar-refractivity contribution is 0.1000. The summed E-state index contributed by atoms with van der Waals surface area (Å²) in [4.78, 5) is 29.3. The molecule has 0 saturated carbocycles. The number of amides is 1. The monoisotopic (exact) mass is 390 g/mol. The Morgan fingerprint density at radius 2 is 1.92 bits per heavy atom. The Hall–Kier alpha value is -2.41.